The van der Waals surface area contributed by atoms with E-state index in [4.69, 9.17) is 0 Å². The first-order valence-corrected chi connectivity index (χ1v) is 8.42. The summed E-state index contributed by atoms with van der Waals surface area (Å²) in [6.45, 7) is 2.48. The van der Waals surface area contributed by atoms with Gasteiger partial charge in [-0.3, -0.25) is 9.59 Å². The molecule has 3 rings (SSSR count). The average molecular weight is 334 g/mol. The zero-order valence-corrected chi connectivity index (χ0v) is 13.8. The van der Waals surface area contributed by atoms with E-state index in [9.17, 15) is 19.1 Å². The van der Waals surface area contributed by atoms with Gasteiger partial charge in [0.2, 0.25) is 5.91 Å². The molecule has 24 heavy (non-hydrogen) atoms. The Morgan fingerprint density at radius 1 is 1.29 bits per heavy atom. The Kier molecular flexibility index (Phi) is 4.85. The molecule has 0 aliphatic carbocycles. The van der Waals surface area contributed by atoms with Gasteiger partial charge in [-0.25, -0.2) is 4.39 Å². The van der Waals surface area contributed by atoms with Crippen LogP contribution in [0, 0.1) is 17.7 Å². The number of halogens is 1. The first kappa shape index (κ1) is 16.9. The third-order valence-corrected chi connectivity index (χ3v) is 5.18. The van der Waals surface area contributed by atoms with Gasteiger partial charge in [0.15, 0.2) is 0 Å². The zero-order chi connectivity index (χ0) is 17.3. The highest BCUT2D eigenvalue weighted by Gasteiger charge is 2.41. The minimum Gasteiger partial charge on any atom is -0.481 e. The van der Waals surface area contributed by atoms with E-state index >= 15 is 0 Å². The minimum atomic E-state index is -0.898. The van der Waals surface area contributed by atoms with Crippen LogP contribution < -0.4 is 0 Å². The number of carbonyl (C=O) groups is 2. The number of hydrogen-bond donors (Lipinski definition) is 1. The van der Waals surface area contributed by atoms with E-state index in [1.54, 1.807) is 17.0 Å². The number of piperidine rings is 1. The molecule has 0 aromatic heterocycles. The van der Waals surface area contributed by atoms with Crippen molar-refractivity contribution in [1.29, 1.82) is 0 Å². The molecule has 1 amide bonds. The maximum atomic E-state index is 13.3. The molecule has 0 spiro atoms. The van der Waals surface area contributed by atoms with E-state index in [1.165, 1.54) is 12.1 Å². The number of carboxylic acids is 1. The number of aliphatic carboxylic acids is 1. The van der Waals surface area contributed by atoms with Crippen LogP contribution >= 0.6 is 0 Å². The summed E-state index contributed by atoms with van der Waals surface area (Å²) in [6.07, 6.45) is 1.60. The van der Waals surface area contributed by atoms with Crippen LogP contribution in [-0.2, 0) is 9.59 Å². The van der Waals surface area contributed by atoms with Crippen molar-refractivity contribution in [2.24, 2.45) is 11.8 Å². The Labute approximate surface area is 141 Å². The molecule has 0 bridgehead atoms. The summed E-state index contributed by atoms with van der Waals surface area (Å²) in [5.41, 5.74) is 0.697. The average Bonchev–Trinajstić information content (AvgIpc) is 2.95. The molecular weight excluding hydrogens is 311 g/mol. The third-order valence-electron chi connectivity index (χ3n) is 5.18. The van der Waals surface area contributed by atoms with E-state index in [-0.39, 0.29) is 18.1 Å². The fraction of sp³-hybridized carbons (Fsp3) is 0.556. The zero-order valence-electron chi connectivity index (χ0n) is 13.8. The number of hydrogen-bond acceptors (Lipinski definition) is 3. The Balaban J connectivity index is 1.89. The van der Waals surface area contributed by atoms with Crippen LogP contribution in [0.25, 0.3) is 0 Å². The van der Waals surface area contributed by atoms with Gasteiger partial charge in [-0.1, -0.05) is 12.1 Å². The number of amides is 1. The van der Waals surface area contributed by atoms with Crippen molar-refractivity contribution in [3.63, 3.8) is 0 Å². The molecule has 1 aromatic rings. The Bertz CT molecular complexity index is 619. The molecule has 2 heterocycles. The molecular formula is C18H23FN2O3. The van der Waals surface area contributed by atoms with Gasteiger partial charge in [-0.15, -0.1) is 0 Å². The highest BCUT2D eigenvalue weighted by atomic mass is 19.1. The van der Waals surface area contributed by atoms with Crippen LogP contribution in [0.4, 0.5) is 4.39 Å². The van der Waals surface area contributed by atoms with Crippen LogP contribution in [0.5, 0.6) is 0 Å². The van der Waals surface area contributed by atoms with Crippen LogP contribution in [0.2, 0.25) is 0 Å². The summed E-state index contributed by atoms with van der Waals surface area (Å²) < 4.78 is 13.3. The normalized spacial score (nSPS) is 28.3. The van der Waals surface area contributed by atoms with E-state index < -0.39 is 17.9 Å². The van der Waals surface area contributed by atoms with Gasteiger partial charge in [0.1, 0.15) is 5.82 Å². The molecule has 0 saturated carbocycles. The van der Waals surface area contributed by atoms with Crippen LogP contribution in [0.1, 0.15) is 30.9 Å². The Morgan fingerprint density at radius 2 is 2.00 bits per heavy atom. The largest absolute Gasteiger partial charge is 0.481 e. The first-order valence-electron chi connectivity index (χ1n) is 8.42. The monoisotopic (exact) mass is 334 g/mol. The van der Waals surface area contributed by atoms with Gasteiger partial charge in [0.25, 0.3) is 0 Å². The van der Waals surface area contributed by atoms with Gasteiger partial charge in [0, 0.05) is 19.5 Å². The number of rotatable bonds is 4. The fourth-order valence-corrected chi connectivity index (χ4v) is 3.95. The highest BCUT2D eigenvalue weighted by Crippen LogP contribution is 2.38. The van der Waals surface area contributed by atoms with Crippen LogP contribution in [0.3, 0.4) is 0 Å². The first-order chi connectivity index (χ1) is 11.5. The molecule has 6 heteroatoms. The lowest BCUT2D eigenvalue weighted by Gasteiger charge is -2.41. The number of carbonyl (C=O) groups excluding carboxylic acids is 1. The summed E-state index contributed by atoms with van der Waals surface area (Å²) in [6, 6.07) is 5.34. The lowest BCUT2D eigenvalue weighted by atomic mass is 9.83. The SMILES string of the molecule is CN1CC[C@H](CN2C(=O)CC[C@H](C(=O)O)[C@H]2c2ccc(F)cc2)C1. The van der Waals surface area contributed by atoms with Crippen molar-refractivity contribution >= 4 is 11.9 Å². The Morgan fingerprint density at radius 3 is 2.58 bits per heavy atom. The molecule has 5 nitrogen and oxygen atoms in total. The fourth-order valence-electron chi connectivity index (χ4n) is 3.95. The van der Waals surface area contributed by atoms with E-state index in [2.05, 4.69) is 11.9 Å². The highest BCUT2D eigenvalue weighted by molar-refractivity contribution is 5.81. The Hall–Kier alpha value is -1.95. The molecule has 0 radical (unpaired) electrons. The molecule has 3 atom stereocenters. The maximum Gasteiger partial charge on any atom is 0.308 e. The molecule has 2 saturated heterocycles. The molecule has 2 fully saturated rings. The predicted molar refractivity (Wildman–Crippen MR) is 86.8 cm³/mol. The molecule has 1 aromatic carbocycles. The van der Waals surface area contributed by atoms with Crippen molar-refractivity contribution in [3.8, 4) is 0 Å². The van der Waals surface area contributed by atoms with E-state index in [1.807, 2.05) is 0 Å². The van der Waals surface area contributed by atoms with Crippen LogP contribution in [-0.4, -0.2) is 53.5 Å². The summed E-state index contributed by atoms with van der Waals surface area (Å²) in [7, 11) is 2.05. The predicted octanol–water partition coefficient (Wildman–Crippen LogP) is 2.14. The third kappa shape index (κ3) is 3.43. The number of likely N-dealkylation sites (tertiary alicyclic amines) is 2. The van der Waals surface area contributed by atoms with Crippen molar-refractivity contribution in [1.82, 2.24) is 9.80 Å². The molecule has 2 aliphatic heterocycles. The maximum absolute atomic E-state index is 13.3. The molecule has 130 valence electrons. The topological polar surface area (TPSA) is 60.9 Å². The van der Waals surface area contributed by atoms with E-state index in [0.717, 1.165) is 19.5 Å². The number of nitrogens with zero attached hydrogens (tertiary/aromatic N) is 2. The van der Waals surface area contributed by atoms with Crippen molar-refractivity contribution < 1.29 is 19.1 Å². The molecule has 2 aliphatic rings. The van der Waals surface area contributed by atoms with E-state index in [0.29, 0.717) is 24.4 Å². The lowest BCUT2D eigenvalue weighted by molar-refractivity contribution is -0.152. The van der Waals surface area contributed by atoms with Crippen molar-refractivity contribution in [2.75, 3.05) is 26.7 Å². The quantitative estimate of drug-likeness (QED) is 0.916. The van der Waals surface area contributed by atoms with Gasteiger partial charge in [-0.2, -0.15) is 0 Å². The van der Waals surface area contributed by atoms with Gasteiger partial charge >= 0.3 is 5.97 Å². The van der Waals surface area contributed by atoms with Crippen LogP contribution in [0.15, 0.2) is 24.3 Å². The van der Waals surface area contributed by atoms with Gasteiger partial charge < -0.3 is 14.9 Å². The van der Waals surface area contributed by atoms with Crippen molar-refractivity contribution in [2.45, 2.75) is 25.3 Å². The van der Waals surface area contributed by atoms with Gasteiger partial charge in [-0.05, 0) is 50.0 Å². The summed E-state index contributed by atoms with van der Waals surface area (Å²) in [4.78, 5) is 28.2. The second kappa shape index (κ2) is 6.89. The van der Waals surface area contributed by atoms with Gasteiger partial charge in [0.05, 0.1) is 12.0 Å². The molecule has 1 N–H and O–H groups in total. The second-order valence-electron chi connectivity index (χ2n) is 6.94. The lowest BCUT2D eigenvalue weighted by Crippen LogP contribution is -2.47. The summed E-state index contributed by atoms with van der Waals surface area (Å²) in [5.74, 6) is -1.56. The number of carboxylic acid groups (broad SMARTS) is 1. The smallest absolute Gasteiger partial charge is 0.308 e. The summed E-state index contributed by atoms with van der Waals surface area (Å²) in [5, 5.41) is 9.61. The molecule has 0 unspecified atom stereocenters. The minimum absolute atomic E-state index is 0.00335. The standard InChI is InChI=1S/C18H23FN2O3/c1-20-9-8-12(10-20)11-21-16(22)7-6-15(18(23)24)17(21)13-2-4-14(19)5-3-13/h2-5,12,15,17H,6-11H2,1H3,(H,23,24)/t12-,15-,17+/m0/s1. The number of benzene rings is 1. The second-order valence-corrected chi connectivity index (χ2v) is 6.94. The summed E-state index contributed by atoms with van der Waals surface area (Å²) >= 11 is 0. The van der Waals surface area contributed by atoms with Crippen molar-refractivity contribution in [3.05, 3.63) is 35.6 Å².